The lowest BCUT2D eigenvalue weighted by molar-refractivity contribution is 0.0927. The van der Waals surface area contributed by atoms with Gasteiger partial charge in [-0.25, -0.2) is 8.42 Å². The number of carbonyl (C=O) groups excluding carboxylic acids is 1. The molecule has 0 spiro atoms. The van der Waals surface area contributed by atoms with Crippen molar-refractivity contribution in [1.29, 1.82) is 0 Å². The van der Waals surface area contributed by atoms with Crippen LogP contribution in [0.1, 0.15) is 44.0 Å². The second kappa shape index (κ2) is 7.53. The average molecular weight is 354 g/mol. The molecule has 0 radical (unpaired) electrons. The molecule has 6 nitrogen and oxygen atoms in total. The first-order valence-electron chi connectivity index (χ1n) is 8.26. The summed E-state index contributed by atoms with van der Waals surface area (Å²) in [6.07, 6.45) is 1.74. The van der Waals surface area contributed by atoms with E-state index in [9.17, 15) is 13.2 Å². The van der Waals surface area contributed by atoms with Crippen molar-refractivity contribution in [1.82, 2.24) is 9.62 Å². The fourth-order valence-corrected chi connectivity index (χ4v) is 4.10. The van der Waals surface area contributed by atoms with E-state index in [0.29, 0.717) is 18.8 Å². The summed E-state index contributed by atoms with van der Waals surface area (Å²) in [7, 11) is -2.10. The van der Waals surface area contributed by atoms with Gasteiger partial charge in [0, 0.05) is 19.1 Å². The van der Waals surface area contributed by atoms with Crippen LogP contribution < -0.4 is 10.1 Å². The van der Waals surface area contributed by atoms with Gasteiger partial charge in [0.15, 0.2) is 0 Å². The second-order valence-corrected chi connectivity index (χ2v) is 8.42. The molecular formula is C17H26N2O4S. The Labute approximate surface area is 144 Å². The van der Waals surface area contributed by atoms with Crippen LogP contribution in [0, 0.1) is 5.92 Å². The van der Waals surface area contributed by atoms with Crippen molar-refractivity contribution in [2.75, 3.05) is 20.2 Å². The lowest BCUT2D eigenvalue weighted by atomic mass is 10.1. The van der Waals surface area contributed by atoms with Crippen LogP contribution in [0.3, 0.4) is 0 Å². The van der Waals surface area contributed by atoms with Gasteiger partial charge in [-0.05, 0) is 43.9 Å². The minimum Gasteiger partial charge on any atom is -0.496 e. The number of sulfonamides is 1. The molecule has 0 saturated carbocycles. The number of methoxy groups -OCH3 is 1. The molecule has 1 aromatic carbocycles. The highest BCUT2D eigenvalue weighted by Crippen LogP contribution is 2.26. The predicted octanol–water partition coefficient (Wildman–Crippen LogP) is 2.25. The zero-order chi connectivity index (χ0) is 17.9. The molecule has 0 aliphatic carbocycles. The Morgan fingerprint density at radius 1 is 1.21 bits per heavy atom. The molecule has 2 rings (SSSR count). The zero-order valence-electron chi connectivity index (χ0n) is 14.7. The molecule has 134 valence electrons. The highest BCUT2D eigenvalue weighted by Gasteiger charge is 2.28. The molecule has 1 aromatic rings. The van der Waals surface area contributed by atoms with Crippen LogP contribution in [-0.4, -0.2) is 44.9 Å². The molecule has 1 amide bonds. The number of hydrogen-bond donors (Lipinski definition) is 1. The minimum absolute atomic E-state index is 0.0268. The molecule has 1 heterocycles. The molecular weight excluding hydrogens is 328 g/mol. The topological polar surface area (TPSA) is 75.7 Å². The van der Waals surface area contributed by atoms with Gasteiger partial charge < -0.3 is 10.1 Å². The van der Waals surface area contributed by atoms with E-state index in [-0.39, 0.29) is 28.3 Å². The molecule has 1 N–H and O–H groups in total. The lowest BCUT2D eigenvalue weighted by Crippen LogP contribution is -2.36. The molecule has 0 unspecified atom stereocenters. The lowest BCUT2D eigenvalue weighted by Gasteiger charge is -2.20. The minimum atomic E-state index is -3.57. The Morgan fingerprint density at radius 2 is 1.83 bits per heavy atom. The van der Waals surface area contributed by atoms with Gasteiger partial charge >= 0.3 is 0 Å². The molecule has 1 atom stereocenters. The largest absolute Gasteiger partial charge is 0.496 e. The summed E-state index contributed by atoms with van der Waals surface area (Å²) in [5.41, 5.74) is 0.241. The van der Waals surface area contributed by atoms with Crippen molar-refractivity contribution in [3.8, 4) is 5.75 Å². The van der Waals surface area contributed by atoms with Gasteiger partial charge in [0.1, 0.15) is 5.75 Å². The summed E-state index contributed by atoms with van der Waals surface area (Å²) in [6.45, 7) is 6.99. The number of nitrogens with one attached hydrogen (secondary N) is 1. The van der Waals surface area contributed by atoms with Crippen molar-refractivity contribution in [2.45, 2.75) is 44.6 Å². The maximum absolute atomic E-state index is 12.7. The number of ether oxygens (including phenoxy) is 1. The molecule has 1 saturated heterocycles. The third-order valence-corrected chi connectivity index (χ3v) is 6.37. The van der Waals surface area contributed by atoms with Crippen molar-refractivity contribution < 1.29 is 17.9 Å². The van der Waals surface area contributed by atoms with Gasteiger partial charge in [-0.1, -0.05) is 13.8 Å². The summed E-state index contributed by atoms with van der Waals surface area (Å²) >= 11 is 0. The summed E-state index contributed by atoms with van der Waals surface area (Å²) in [4.78, 5) is 12.7. The standard InChI is InChI=1S/C17H26N2O4S/c1-12(2)13(3)18-17(20)15-11-14(7-8-16(15)23-4)24(21,22)19-9-5-6-10-19/h7-8,11-13H,5-6,9-10H2,1-4H3,(H,18,20)/t13-/m0/s1. The van der Waals surface area contributed by atoms with E-state index in [4.69, 9.17) is 4.74 Å². The molecule has 7 heteroatoms. The SMILES string of the molecule is COc1ccc(S(=O)(=O)N2CCCC2)cc1C(=O)N[C@@H](C)C(C)C. The monoisotopic (exact) mass is 354 g/mol. The quantitative estimate of drug-likeness (QED) is 0.850. The van der Waals surface area contributed by atoms with E-state index < -0.39 is 10.0 Å². The molecule has 1 fully saturated rings. The maximum Gasteiger partial charge on any atom is 0.255 e. The highest BCUT2D eigenvalue weighted by atomic mass is 32.2. The average Bonchev–Trinajstić information content (AvgIpc) is 3.09. The van der Waals surface area contributed by atoms with E-state index in [1.54, 1.807) is 0 Å². The van der Waals surface area contributed by atoms with Crippen LogP contribution in [0.4, 0.5) is 0 Å². The van der Waals surface area contributed by atoms with Crippen LogP contribution in [0.15, 0.2) is 23.1 Å². The Hall–Kier alpha value is -1.60. The normalized spacial score (nSPS) is 17.0. The fraction of sp³-hybridized carbons (Fsp3) is 0.588. The number of carbonyl (C=O) groups is 1. The van der Waals surface area contributed by atoms with E-state index in [2.05, 4.69) is 5.32 Å². The summed E-state index contributed by atoms with van der Waals surface area (Å²) in [5, 5.41) is 2.89. The number of benzene rings is 1. The molecule has 24 heavy (non-hydrogen) atoms. The Bertz CT molecular complexity index is 695. The zero-order valence-corrected chi connectivity index (χ0v) is 15.5. The molecule has 0 bridgehead atoms. The number of amides is 1. The van der Waals surface area contributed by atoms with E-state index in [1.807, 2.05) is 20.8 Å². The maximum atomic E-state index is 12.7. The van der Waals surface area contributed by atoms with Crippen LogP contribution >= 0.6 is 0 Å². The molecule has 1 aliphatic heterocycles. The number of rotatable bonds is 6. The smallest absolute Gasteiger partial charge is 0.255 e. The molecule has 1 aliphatic rings. The summed E-state index contributed by atoms with van der Waals surface area (Å²) < 4.78 is 32.1. The second-order valence-electron chi connectivity index (χ2n) is 6.48. The van der Waals surface area contributed by atoms with Gasteiger partial charge in [0.05, 0.1) is 17.6 Å². The van der Waals surface area contributed by atoms with Crippen LogP contribution in [-0.2, 0) is 10.0 Å². The third-order valence-electron chi connectivity index (χ3n) is 4.48. The van der Waals surface area contributed by atoms with Gasteiger partial charge in [-0.2, -0.15) is 4.31 Å². The van der Waals surface area contributed by atoms with Crippen molar-refractivity contribution in [2.24, 2.45) is 5.92 Å². The Kier molecular flexibility index (Phi) is 5.87. The van der Waals surface area contributed by atoms with E-state index in [0.717, 1.165) is 12.8 Å². The van der Waals surface area contributed by atoms with Gasteiger partial charge in [0.2, 0.25) is 10.0 Å². The highest BCUT2D eigenvalue weighted by molar-refractivity contribution is 7.89. The molecule has 0 aromatic heterocycles. The summed E-state index contributed by atoms with van der Waals surface area (Å²) in [5.74, 6) is 0.312. The van der Waals surface area contributed by atoms with E-state index >= 15 is 0 Å². The Balaban J connectivity index is 2.35. The predicted molar refractivity (Wildman–Crippen MR) is 92.8 cm³/mol. The number of hydrogen-bond acceptors (Lipinski definition) is 4. The first kappa shape index (κ1) is 18.7. The van der Waals surface area contributed by atoms with Gasteiger partial charge in [-0.3, -0.25) is 4.79 Å². The van der Waals surface area contributed by atoms with Crippen molar-refractivity contribution in [3.05, 3.63) is 23.8 Å². The first-order valence-corrected chi connectivity index (χ1v) is 9.70. The third kappa shape index (κ3) is 3.89. The summed E-state index contributed by atoms with van der Waals surface area (Å²) in [6, 6.07) is 4.42. The van der Waals surface area contributed by atoms with Crippen molar-refractivity contribution in [3.63, 3.8) is 0 Å². The Morgan fingerprint density at radius 3 is 2.38 bits per heavy atom. The van der Waals surface area contributed by atoms with Crippen LogP contribution in [0.2, 0.25) is 0 Å². The van der Waals surface area contributed by atoms with Crippen molar-refractivity contribution >= 4 is 15.9 Å². The number of nitrogens with zero attached hydrogens (tertiary/aromatic N) is 1. The van der Waals surface area contributed by atoms with Crippen LogP contribution in [0.25, 0.3) is 0 Å². The van der Waals surface area contributed by atoms with Gasteiger partial charge in [0.25, 0.3) is 5.91 Å². The first-order chi connectivity index (χ1) is 11.3. The van der Waals surface area contributed by atoms with Crippen LogP contribution in [0.5, 0.6) is 5.75 Å². The fourth-order valence-electron chi connectivity index (χ4n) is 2.55. The van der Waals surface area contributed by atoms with E-state index in [1.165, 1.54) is 29.6 Å². The van der Waals surface area contributed by atoms with Gasteiger partial charge in [-0.15, -0.1) is 0 Å².